The average Bonchev–Trinajstić information content (AvgIpc) is 2.48. The van der Waals surface area contributed by atoms with E-state index in [1.54, 1.807) is 49.5 Å². The van der Waals surface area contributed by atoms with Crippen LogP contribution in [0, 0.1) is 0 Å². The Bertz CT molecular complexity index is 857. The molecule has 3 aromatic rings. The van der Waals surface area contributed by atoms with Crippen LogP contribution in [-0.2, 0) is 0 Å². The normalized spacial score (nSPS) is 12.5. The molecule has 0 N–H and O–H groups in total. The Morgan fingerprint density at radius 1 is 1.19 bits per heavy atom. The fourth-order valence-corrected chi connectivity index (χ4v) is 2.41. The minimum Gasteiger partial charge on any atom is -0.268 e. The summed E-state index contributed by atoms with van der Waals surface area (Å²) in [5.41, 5.74) is 0.873. The molecule has 0 saturated carbocycles. The van der Waals surface area contributed by atoms with Gasteiger partial charge in [-0.05, 0) is 43.3 Å². The van der Waals surface area contributed by atoms with Crippen molar-refractivity contribution in [3.8, 4) is 5.69 Å². The van der Waals surface area contributed by atoms with E-state index in [1.807, 2.05) is 0 Å². The second-order valence-electron chi connectivity index (χ2n) is 4.58. The maximum atomic E-state index is 12.7. The molecule has 3 rings (SSSR count). The predicted octanol–water partition coefficient (Wildman–Crippen LogP) is 3.73. The van der Waals surface area contributed by atoms with Gasteiger partial charge in [0.05, 0.1) is 16.5 Å². The van der Waals surface area contributed by atoms with Crippen molar-refractivity contribution in [3.05, 3.63) is 63.8 Å². The van der Waals surface area contributed by atoms with Crippen molar-refractivity contribution in [2.75, 3.05) is 0 Å². The number of fused-ring (bicyclic) bond motifs is 1. The van der Waals surface area contributed by atoms with Crippen molar-refractivity contribution in [1.29, 1.82) is 0 Å². The molecule has 0 spiro atoms. The van der Waals surface area contributed by atoms with Crippen molar-refractivity contribution < 1.29 is 0 Å². The minimum absolute atomic E-state index is 0.196. The smallest absolute Gasteiger partial charge is 0.267 e. The largest absolute Gasteiger partial charge is 0.268 e. The van der Waals surface area contributed by atoms with Gasteiger partial charge in [0.25, 0.3) is 5.56 Å². The first kappa shape index (κ1) is 14.0. The molecule has 4 nitrogen and oxygen atoms in total. The highest BCUT2D eigenvalue weighted by atomic mass is 35.5. The molecule has 2 heterocycles. The van der Waals surface area contributed by atoms with Crippen molar-refractivity contribution in [1.82, 2.24) is 14.5 Å². The molecule has 0 saturated heterocycles. The monoisotopic (exact) mass is 319 g/mol. The van der Waals surface area contributed by atoms with E-state index < -0.39 is 5.38 Å². The molecule has 106 valence electrons. The molecule has 2 aromatic heterocycles. The number of benzene rings is 1. The van der Waals surface area contributed by atoms with E-state index >= 15 is 0 Å². The topological polar surface area (TPSA) is 47.8 Å². The number of nitrogens with zero attached hydrogens (tertiary/aromatic N) is 3. The van der Waals surface area contributed by atoms with Gasteiger partial charge in [-0.15, -0.1) is 11.6 Å². The third-order valence-corrected chi connectivity index (χ3v) is 3.56. The number of hydrogen-bond acceptors (Lipinski definition) is 3. The summed E-state index contributed by atoms with van der Waals surface area (Å²) < 4.78 is 1.50. The molecule has 0 aliphatic carbocycles. The minimum atomic E-state index is -0.431. The molecular weight excluding hydrogens is 309 g/mol. The maximum absolute atomic E-state index is 12.7. The Morgan fingerprint density at radius 3 is 2.57 bits per heavy atom. The summed E-state index contributed by atoms with van der Waals surface area (Å²) in [7, 11) is 0. The Labute approximate surface area is 131 Å². The number of aromatic nitrogens is 3. The van der Waals surface area contributed by atoms with E-state index in [0.29, 0.717) is 27.6 Å². The number of rotatable bonds is 2. The molecule has 1 unspecified atom stereocenters. The van der Waals surface area contributed by atoms with Gasteiger partial charge in [0.1, 0.15) is 5.82 Å². The van der Waals surface area contributed by atoms with E-state index in [9.17, 15) is 4.79 Å². The second-order valence-corrected chi connectivity index (χ2v) is 5.67. The third kappa shape index (κ3) is 2.52. The lowest BCUT2D eigenvalue weighted by atomic mass is 10.2. The van der Waals surface area contributed by atoms with Gasteiger partial charge in [0.15, 0.2) is 5.65 Å². The zero-order chi connectivity index (χ0) is 15.0. The maximum Gasteiger partial charge on any atom is 0.267 e. The quantitative estimate of drug-likeness (QED) is 0.676. The van der Waals surface area contributed by atoms with E-state index in [1.165, 1.54) is 4.57 Å². The molecule has 0 fully saturated rings. The van der Waals surface area contributed by atoms with Crippen molar-refractivity contribution in [3.63, 3.8) is 0 Å². The Balaban J connectivity index is 2.39. The Hall–Kier alpha value is -1.91. The first-order chi connectivity index (χ1) is 10.1. The van der Waals surface area contributed by atoms with Crippen LogP contribution in [0.2, 0.25) is 5.02 Å². The molecule has 1 aromatic carbocycles. The summed E-state index contributed by atoms with van der Waals surface area (Å²) in [6.45, 7) is 1.77. The zero-order valence-electron chi connectivity index (χ0n) is 11.1. The van der Waals surface area contributed by atoms with Crippen LogP contribution in [0.3, 0.4) is 0 Å². The van der Waals surface area contributed by atoms with Crippen LogP contribution in [0.5, 0.6) is 0 Å². The van der Waals surface area contributed by atoms with Gasteiger partial charge in [-0.25, -0.2) is 9.97 Å². The number of halogens is 2. The summed E-state index contributed by atoms with van der Waals surface area (Å²) in [6.07, 6.45) is 1.60. The Kier molecular flexibility index (Phi) is 3.66. The molecule has 21 heavy (non-hydrogen) atoms. The van der Waals surface area contributed by atoms with Gasteiger partial charge in [-0.2, -0.15) is 0 Å². The lowest BCUT2D eigenvalue weighted by Gasteiger charge is -2.14. The lowest BCUT2D eigenvalue weighted by Crippen LogP contribution is -2.24. The third-order valence-electron chi connectivity index (χ3n) is 3.11. The van der Waals surface area contributed by atoms with Crippen LogP contribution in [0.15, 0.2) is 47.4 Å². The van der Waals surface area contributed by atoms with Crippen LogP contribution in [0.4, 0.5) is 0 Å². The van der Waals surface area contributed by atoms with Gasteiger partial charge in [0.2, 0.25) is 0 Å². The van der Waals surface area contributed by atoms with Crippen LogP contribution in [-0.4, -0.2) is 14.5 Å². The average molecular weight is 320 g/mol. The first-order valence-corrected chi connectivity index (χ1v) is 7.17. The Morgan fingerprint density at radius 2 is 1.90 bits per heavy atom. The van der Waals surface area contributed by atoms with Gasteiger partial charge >= 0.3 is 0 Å². The van der Waals surface area contributed by atoms with Crippen molar-refractivity contribution in [2.24, 2.45) is 0 Å². The summed E-state index contributed by atoms with van der Waals surface area (Å²) in [5, 5.41) is 0.621. The summed E-state index contributed by atoms with van der Waals surface area (Å²) in [5.74, 6) is 0.454. The molecule has 6 heteroatoms. The van der Waals surface area contributed by atoms with Crippen LogP contribution >= 0.6 is 23.2 Å². The molecule has 1 atom stereocenters. The fraction of sp³-hybridized carbons (Fsp3) is 0.133. The van der Waals surface area contributed by atoms with E-state index in [2.05, 4.69) is 9.97 Å². The van der Waals surface area contributed by atoms with E-state index in [4.69, 9.17) is 23.2 Å². The highest BCUT2D eigenvalue weighted by Crippen LogP contribution is 2.22. The molecule has 0 amide bonds. The fourth-order valence-electron chi connectivity index (χ4n) is 2.14. The van der Waals surface area contributed by atoms with E-state index in [0.717, 1.165) is 0 Å². The van der Waals surface area contributed by atoms with Crippen molar-refractivity contribution in [2.45, 2.75) is 12.3 Å². The van der Waals surface area contributed by atoms with Crippen LogP contribution in [0.25, 0.3) is 16.7 Å². The summed E-state index contributed by atoms with van der Waals surface area (Å²) in [6, 6.07) is 10.4. The molecular formula is C15H11Cl2N3O. The van der Waals surface area contributed by atoms with Crippen LogP contribution in [0.1, 0.15) is 18.1 Å². The first-order valence-electron chi connectivity index (χ1n) is 6.35. The predicted molar refractivity (Wildman–Crippen MR) is 84.4 cm³/mol. The zero-order valence-corrected chi connectivity index (χ0v) is 12.6. The number of hydrogen-bond donors (Lipinski definition) is 0. The lowest BCUT2D eigenvalue weighted by molar-refractivity contribution is 0.811. The second kappa shape index (κ2) is 5.47. The highest BCUT2D eigenvalue weighted by molar-refractivity contribution is 6.30. The highest BCUT2D eigenvalue weighted by Gasteiger charge is 2.16. The van der Waals surface area contributed by atoms with E-state index in [-0.39, 0.29) is 5.56 Å². The standard InChI is InChI=1S/C15H11Cl2N3O/c1-9(16)14-19-13-12(3-2-8-18-13)15(21)20(14)11-6-4-10(17)5-7-11/h2-9H,1H3. The molecule has 0 bridgehead atoms. The summed E-state index contributed by atoms with van der Waals surface area (Å²) in [4.78, 5) is 21.3. The van der Waals surface area contributed by atoms with Gasteiger partial charge < -0.3 is 0 Å². The molecule has 0 aliphatic rings. The summed E-state index contributed by atoms with van der Waals surface area (Å²) >= 11 is 12.1. The molecule has 0 radical (unpaired) electrons. The van der Waals surface area contributed by atoms with Gasteiger partial charge in [0, 0.05) is 11.2 Å². The number of pyridine rings is 1. The SMILES string of the molecule is CC(Cl)c1nc2ncccc2c(=O)n1-c1ccc(Cl)cc1. The van der Waals surface area contributed by atoms with Gasteiger partial charge in [-0.3, -0.25) is 9.36 Å². The number of alkyl halides is 1. The van der Waals surface area contributed by atoms with Crippen molar-refractivity contribution >= 4 is 34.2 Å². The van der Waals surface area contributed by atoms with Crippen LogP contribution < -0.4 is 5.56 Å². The van der Waals surface area contributed by atoms with Gasteiger partial charge in [-0.1, -0.05) is 11.6 Å². The molecule has 0 aliphatic heterocycles.